The molecule has 2 aromatic carbocycles. The molecule has 1 N–H and O–H groups in total. The fraction of sp³-hybridized carbons (Fsp3) is 0.273. The van der Waals surface area contributed by atoms with Gasteiger partial charge in [0.2, 0.25) is 5.91 Å². The van der Waals surface area contributed by atoms with Crippen molar-refractivity contribution in [3.63, 3.8) is 0 Å². The highest BCUT2D eigenvalue weighted by Crippen LogP contribution is 2.42. The van der Waals surface area contributed by atoms with Crippen LogP contribution in [0.5, 0.6) is 5.75 Å². The maximum absolute atomic E-state index is 15.5. The number of nitrogens with one attached hydrogen (secondary N) is 1. The summed E-state index contributed by atoms with van der Waals surface area (Å²) in [6.45, 7) is 4.70. The van der Waals surface area contributed by atoms with E-state index < -0.39 is 17.5 Å². The van der Waals surface area contributed by atoms with Gasteiger partial charge in [0.25, 0.3) is 5.91 Å². The molecule has 0 aromatic heterocycles. The summed E-state index contributed by atoms with van der Waals surface area (Å²) in [6, 6.07) is 5.43. The number of hydrogen-bond donors (Lipinski definition) is 1. The third kappa shape index (κ3) is 4.20. The molecule has 0 saturated carbocycles. The van der Waals surface area contributed by atoms with Crippen LogP contribution >= 0.6 is 11.6 Å². The molecule has 0 atom stereocenters. The Hall–Kier alpha value is -3.13. The van der Waals surface area contributed by atoms with Gasteiger partial charge >= 0.3 is 0 Å². The third-order valence-corrected chi connectivity index (χ3v) is 5.50. The van der Waals surface area contributed by atoms with Crippen molar-refractivity contribution in [2.24, 2.45) is 0 Å². The molecular formula is C22H22ClF2N3O3. The van der Waals surface area contributed by atoms with E-state index in [1.165, 1.54) is 49.4 Å². The van der Waals surface area contributed by atoms with Crippen molar-refractivity contribution >= 4 is 29.1 Å². The van der Waals surface area contributed by atoms with Crippen molar-refractivity contribution in [2.75, 3.05) is 45.7 Å². The van der Waals surface area contributed by atoms with Gasteiger partial charge in [-0.15, -0.1) is 0 Å². The van der Waals surface area contributed by atoms with Crippen molar-refractivity contribution in [1.82, 2.24) is 9.80 Å². The monoisotopic (exact) mass is 449 g/mol. The molecule has 1 heterocycles. The topological polar surface area (TPSA) is 61.9 Å². The number of ether oxygens (including phenoxy) is 1. The number of hydrogen-bond acceptors (Lipinski definition) is 4. The Bertz CT molecular complexity index is 1040. The lowest BCUT2D eigenvalue weighted by atomic mass is 9.98. The number of rotatable bonds is 5. The van der Waals surface area contributed by atoms with Gasteiger partial charge in [-0.1, -0.05) is 24.2 Å². The second-order valence-electron chi connectivity index (χ2n) is 6.86. The summed E-state index contributed by atoms with van der Waals surface area (Å²) >= 11 is 6.34. The lowest BCUT2D eigenvalue weighted by Gasteiger charge is -2.34. The third-order valence-electron chi connectivity index (χ3n) is 5.20. The molecule has 1 aliphatic heterocycles. The largest absolute Gasteiger partial charge is 0.496 e. The Morgan fingerprint density at radius 2 is 1.81 bits per heavy atom. The van der Waals surface area contributed by atoms with Crippen molar-refractivity contribution < 1.29 is 23.1 Å². The van der Waals surface area contributed by atoms with Crippen LogP contribution in [0.15, 0.2) is 36.9 Å². The van der Waals surface area contributed by atoms with Gasteiger partial charge in [-0.2, -0.15) is 0 Å². The zero-order valence-electron chi connectivity index (χ0n) is 17.2. The molecule has 3 rings (SSSR count). The first kappa shape index (κ1) is 22.6. The number of benzene rings is 2. The number of piperazine rings is 1. The standard InChI is InChI=1S/C22H22ClF2N3O3/c1-4-17(29)27-8-10-28(11-9-27)22(30)13-12-14(23)18(20(25)21(13)26-2)19-15(24)6-5-7-16(19)31-3/h4-7,12,26H,1,8-11H2,2-3H3. The lowest BCUT2D eigenvalue weighted by Crippen LogP contribution is -2.50. The predicted molar refractivity (Wildman–Crippen MR) is 116 cm³/mol. The molecule has 1 saturated heterocycles. The van der Waals surface area contributed by atoms with Crippen LogP contribution in [0.2, 0.25) is 5.02 Å². The number of halogens is 3. The maximum atomic E-state index is 15.5. The van der Waals surface area contributed by atoms with Crippen LogP contribution in [0.25, 0.3) is 11.1 Å². The predicted octanol–water partition coefficient (Wildman–Crippen LogP) is 3.81. The van der Waals surface area contributed by atoms with Crippen LogP contribution in [0.1, 0.15) is 10.4 Å². The molecule has 2 amide bonds. The summed E-state index contributed by atoms with van der Waals surface area (Å²) < 4.78 is 35.2. The van der Waals surface area contributed by atoms with Gasteiger partial charge in [0.15, 0.2) is 5.82 Å². The minimum absolute atomic E-state index is 0.0209. The first-order chi connectivity index (χ1) is 14.8. The van der Waals surface area contributed by atoms with Gasteiger partial charge in [0.05, 0.1) is 28.9 Å². The molecule has 9 heteroatoms. The van der Waals surface area contributed by atoms with Gasteiger partial charge in [-0.25, -0.2) is 8.78 Å². The van der Waals surface area contributed by atoms with Crippen molar-refractivity contribution in [3.05, 3.63) is 59.1 Å². The summed E-state index contributed by atoms with van der Waals surface area (Å²) in [7, 11) is 2.81. The molecule has 0 radical (unpaired) electrons. The highest BCUT2D eigenvalue weighted by molar-refractivity contribution is 6.34. The van der Waals surface area contributed by atoms with E-state index in [-0.39, 0.29) is 52.1 Å². The van der Waals surface area contributed by atoms with Crippen LogP contribution in [0.4, 0.5) is 14.5 Å². The Morgan fingerprint density at radius 3 is 2.39 bits per heavy atom. The van der Waals surface area contributed by atoms with Gasteiger partial charge in [0, 0.05) is 38.8 Å². The fourth-order valence-electron chi connectivity index (χ4n) is 3.61. The molecule has 0 unspecified atom stereocenters. The number of carbonyl (C=O) groups is 2. The number of amides is 2. The zero-order valence-corrected chi connectivity index (χ0v) is 17.9. The van der Waals surface area contributed by atoms with Crippen LogP contribution in [-0.2, 0) is 4.79 Å². The molecular weight excluding hydrogens is 428 g/mol. The molecule has 1 aliphatic rings. The van der Waals surface area contributed by atoms with Crippen LogP contribution in [0.3, 0.4) is 0 Å². The molecule has 31 heavy (non-hydrogen) atoms. The smallest absolute Gasteiger partial charge is 0.256 e. The van der Waals surface area contributed by atoms with E-state index in [0.29, 0.717) is 13.1 Å². The second-order valence-corrected chi connectivity index (χ2v) is 7.27. The van der Waals surface area contributed by atoms with Crippen LogP contribution < -0.4 is 10.1 Å². The Morgan fingerprint density at radius 1 is 1.16 bits per heavy atom. The van der Waals surface area contributed by atoms with Gasteiger partial charge in [0.1, 0.15) is 11.6 Å². The van der Waals surface area contributed by atoms with Crippen molar-refractivity contribution in [3.8, 4) is 16.9 Å². The lowest BCUT2D eigenvalue weighted by molar-refractivity contribution is -0.127. The fourth-order valence-corrected chi connectivity index (χ4v) is 3.89. The van der Waals surface area contributed by atoms with E-state index in [2.05, 4.69) is 11.9 Å². The number of carbonyl (C=O) groups excluding carboxylic acids is 2. The van der Waals surface area contributed by atoms with Gasteiger partial charge in [-0.3, -0.25) is 9.59 Å². The summed E-state index contributed by atoms with van der Waals surface area (Å²) in [5, 5.41) is 2.57. The normalized spacial score (nSPS) is 13.7. The average molecular weight is 450 g/mol. The maximum Gasteiger partial charge on any atom is 0.256 e. The SMILES string of the molecule is C=CC(=O)N1CCN(C(=O)c2cc(Cl)c(-c3c(F)cccc3OC)c(F)c2NC)CC1. The molecule has 1 fully saturated rings. The molecule has 6 nitrogen and oxygen atoms in total. The van der Waals surface area contributed by atoms with E-state index >= 15 is 4.39 Å². The van der Waals surface area contributed by atoms with Gasteiger partial charge in [-0.05, 0) is 24.3 Å². The van der Waals surface area contributed by atoms with E-state index in [4.69, 9.17) is 16.3 Å². The molecule has 2 aromatic rings. The van der Waals surface area contributed by atoms with E-state index in [0.717, 1.165) is 0 Å². The molecule has 0 bridgehead atoms. The Kier molecular flexibility index (Phi) is 6.80. The first-order valence-electron chi connectivity index (χ1n) is 9.57. The number of nitrogens with zero attached hydrogens (tertiary/aromatic N) is 2. The Labute approximate surface area is 184 Å². The summed E-state index contributed by atoms with van der Waals surface area (Å²) in [5.74, 6) is -2.10. The highest BCUT2D eigenvalue weighted by Gasteiger charge is 2.29. The molecule has 0 aliphatic carbocycles. The summed E-state index contributed by atoms with van der Waals surface area (Å²) in [4.78, 5) is 27.9. The second kappa shape index (κ2) is 9.34. The summed E-state index contributed by atoms with van der Waals surface area (Å²) in [6.07, 6.45) is 1.22. The van der Waals surface area contributed by atoms with E-state index in [1.807, 2.05) is 0 Å². The van der Waals surface area contributed by atoms with Gasteiger partial charge < -0.3 is 19.9 Å². The molecule has 164 valence electrons. The van der Waals surface area contributed by atoms with Crippen LogP contribution in [-0.4, -0.2) is 62.0 Å². The average Bonchev–Trinajstić information content (AvgIpc) is 2.78. The minimum Gasteiger partial charge on any atom is -0.496 e. The van der Waals surface area contributed by atoms with E-state index in [1.54, 1.807) is 4.90 Å². The Balaban J connectivity index is 2.00. The highest BCUT2D eigenvalue weighted by atomic mass is 35.5. The van der Waals surface area contributed by atoms with E-state index in [9.17, 15) is 14.0 Å². The zero-order chi connectivity index (χ0) is 22.7. The number of methoxy groups -OCH3 is 1. The van der Waals surface area contributed by atoms with Crippen molar-refractivity contribution in [1.29, 1.82) is 0 Å². The number of anilines is 1. The van der Waals surface area contributed by atoms with Crippen LogP contribution in [0, 0.1) is 11.6 Å². The summed E-state index contributed by atoms with van der Waals surface area (Å²) in [5.41, 5.74) is -0.398. The quantitative estimate of drug-likeness (QED) is 0.705. The van der Waals surface area contributed by atoms with Crippen molar-refractivity contribution in [2.45, 2.75) is 0 Å². The molecule has 0 spiro atoms. The first-order valence-corrected chi connectivity index (χ1v) is 9.95. The minimum atomic E-state index is -0.859.